The fraction of sp³-hybridized carbons (Fsp3) is 0. The molecule has 0 radical (unpaired) electrons. The van der Waals surface area contributed by atoms with E-state index in [0.717, 1.165) is 37.5 Å². The first-order chi connectivity index (χ1) is 17.8. The Kier molecular flexibility index (Phi) is 4.70. The highest BCUT2D eigenvalue weighted by Crippen LogP contribution is 2.41. The van der Waals surface area contributed by atoms with Crippen molar-refractivity contribution in [3.8, 4) is 33.5 Å². The van der Waals surface area contributed by atoms with Gasteiger partial charge in [-0.25, -0.2) is 4.98 Å². The number of fused-ring (bicyclic) bond motifs is 5. The molecular weight excluding hydrogens is 458 g/mol. The van der Waals surface area contributed by atoms with E-state index in [2.05, 4.69) is 89.5 Å². The van der Waals surface area contributed by atoms with Crippen LogP contribution in [0.3, 0.4) is 0 Å². The maximum absolute atomic E-state index is 9.33. The SMILES string of the molecule is N#Cc1ccc(-n2c3ccc(-c4ccccc4)cc3c3ccc4nc(-c5ccccc5)sc4c32)cc1. The fourth-order valence-corrected chi connectivity index (χ4v) is 6.06. The molecule has 36 heavy (non-hydrogen) atoms. The molecule has 0 aliphatic heterocycles. The van der Waals surface area contributed by atoms with E-state index in [1.165, 1.54) is 21.9 Å². The van der Waals surface area contributed by atoms with E-state index in [1.807, 2.05) is 36.4 Å². The average Bonchev–Trinajstić information content (AvgIpc) is 3.53. The van der Waals surface area contributed by atoms with Crippen molar-refractivity contribution >= 4 is 43.4 Å². The number of rotatable bonds is 3. The van der Waals surface area contributed by atoms with E-state index < -0.39 is 0 Å². The van der Waals surface area contributed by atoms with Gasteiger partial charge in [0.1, 0.15) is 5.01 Å². The summed E-state index contributed by atoms with van der Waals surface area (Å²) in [5.41, 5.74) is 8.48. The zero-order chi connectivity index (χ0) is 24.1. The Morgan fingerprint density at radius 3 is 2.11 bits per heavy atom. The topological polar surface area (TPSA) is 41.6 Å². The molecule has 2 heterocycles. The summed E-state index contributed by atoms with van der Waals surface area (Å²) in [6.07, 6.45) is 0. The molecular formula is C32H19N3S. The van der Waals surface area contributed by atoms with Crippen LogP contribution in [-0.2, 0) is 0 Å². The van der Waals surface area contributed by atoms with Gasteiger partial charge in [0.2, 0.25) is 0 Å². The number of benzene rings is 5. The van der Waals surface area contributed by atoms with Crippen molar-refractivity contribution < 1.29 is 0 Å². The lowest BCUT2D eigenvalue weighted by Crippen LogP contribution is -1.94. The standard InChI is InChI=1S/C32H19N3S/c33-20-21-11-14-25(15-12-21)35-29-18-13-24(22-7-3-1-4-8-22)19-27(29)26-16-17-28-31(30(26)35)36-32(34-28)23-9-5-2-6-10-23/h1-19H. The van der Waals surface area contributed by atoms with Crippen LogP contribution >= 0.6 is 11.3 Å². The molecule has 3 nitrogen and oxygen atoms in total. The van der Waals surface area contributed by atoms with Crippen molar-refractivity contribution in [3.63, 3.8) is 0 Å². The molecule has 0 unspecified atom stereocenters. The first-order valence-electron chi connectivity index (χ1n) is 11.8. The van der Waals surface area contributed by atoms with Gasteiger partial charge in [-0.3, -0.25) is 0 Å². The van der Waals surface area contributed by atoms with Crippen molar-refractivity contribution in [2.45, 2.75) is 0 Å². The van der Waals surface area contributed by atoms with Gasteiger partial charge < -0.3 is 4.57 Å². The second-order valence-electron chi connectivity index (χ2n) is 8.79. The summed E-state index contributed by atoms with van der Waals surface area (Å²) in [5, 5.41) is 12.7. The Hall–Kier alpha value is -4.72. The average molecular weight is 478 g/mol. The zero-order valence-corrected chi connectivity index (χ0v) is 20.0. The van der Waals surface area contributed by atoms with Crippen LogP contribution in [0.4, 0.5) is 0 Å². The van der Waals surface area contributed by atoms with Gasteiger partial charge >= 0.3 is 0 Å². The number of nitriles is 1. The van der Waals surface area contributed by atoms with E-state index in [9.17, 15) is 5.26 Å². The lowest BCUT2D eigenvalue weighted by atomic mass is 10.0. The molecule has 0 saturated heterocycles. The number of hydrogen-bond donors (Lipinski definition) is 0. The van der Waals surface area contributed by atoms with Crippen LogP contribution in [0.2, 0.25) is 0 Å². The predicted octanol–water partition coefficient (Wildman–Crippen LogP) is 8.60. The Morgan fingerprint density at radius 2 is 1.39 bits per heavy atom. The summed E-state index contributed by atoms with van der Waals surface area (Å²) >= 11 is 1.73. The second kappa shape index (κ2) is 8.20. The largest absolute Gasteiger partial charge is 0.308 e. The normalized spacial score (nSPS) is 11.3. The minimum atomic E-state index is 0.653. The van der Waals surface area contributed by atoms with Crippen LogP contribution in [-0.4, -0.2) is 9.55 Å². The molecule has 0 atom stereocenters. The molecule has 0 amide bonds. The first-order valence-corrected chi connectivity index (χ1v) is 12.6. The van der Waals surface area contributed by atoms with Gasteiger partial charge in [0.25, 0.3) is 0 Å². The molecule has 2 aromatic heterocycles. The van der Waals surface area contributed by atoms with Crippen LogP contribution in [0.25, 0.3) is 59.4 Å². The highest BCUT2D eigenvalue weighted by atomic mass is 32.1. The molecule has 0 N–H and O–H groups in total. The van der Waals surface area contributed by atoms with Crippen LogP contribution in [0.1, 0.15) is 5.56 Å². The molecule has 4 heteroatoms. The summed E-state index contributed by atoms with van der Waals surface area (Å²) in [7, 11) is 0. The van der Waals surface area contributed by atoms with Gasteiger partial charge in [-0.05, 0) is 59.7 Å². The molecule has 0 saturated carbocycles. The van der Waals surface area contributed by atoms with E-state index in [0.29, 0.717) is 5.56 Å². The van der Waals surface area contributed by atoms with E-state index in [4.69, 9.17) is 4.98 Å². The summed E-state index contributed by atoms with van der Waals surface area (Å²) in [4.78, 5) is 4.99. The molecule has 0 aliphatic carbocycles. The predicted molar refractivity (Wildman–Crippen MR) is 150 cm³/mol. The maximum Gasteiger partial charge on any atom is 0.124 e. The highest BCUT2D eigenvalue weighted by Gasteiger charge is 2.18. The lowest BCUT2D eigenvalue weighted by molar-refractivity contribution is 1.19. The molecule has 7 rings (SSSR count). The smallest absolute Gasteiger partial charge is 0.124 e. The monoisotopic (exact) mass is 477 g/mol. The zero-order valence-electron chi connectivity index (χ0n) is 19.2. The molecule has 0 fully saturated rings. The molecule has 0 aliphatic rings. The highest BCUT2D eigenvalue weighted by molar-refractivity contribution is 7.22. The van der Waals surface area contributed by atoms with E-state index >= 15 is 0 Å². The van der Waals surface area contributed by atoms with Gasteiger partial charge in [-0.15, -0.1) is 11.3 Å². The van der Waals surface area contributed by atoms with Gasteiger partial charge in [0, 0.05) is 22.0 Å². The Labute approximate surface area is 212 Å². The third-order valence-corrected chi connectivity index (χ3v) is 7.79. The van der Waals surface area contributed by atoms with E-state index in [-0.39, 0.29) is 0 Å². The fourth-order valence-electron chi connectivity index (χ4n) is 4.95. The summed E-state index contributed by atoms with van der Waals surface area (Å²) in [5.74, 6) is 0. The first kappa shape index (κ1) is 20.6. The van der Waals surface area contributed by atoms with E-state index in [1.54, 1.807) is 11.3 Å². The number of nitrogens with zero attached hydrogens (tertiary/aromatic N) is 3. The number of hydrogen-bond acceptors (Lipinski definition) is 3. The molecule has 168 valence electrons. The van der Waals surface area contributed by atoms with Gasteiger partial charge in [-0.2, -0.15) is 5.26 Å². The van der Waals surface area contributed by atoms with Crippen molar-refractivity contribution in [1.29, 1.82) is 5.26 Å². The van der Waals surface area contributed by atoms with Crippen LogP contribution in [0.5, 0.6) is 0 Å². The van der Waals surface area contributed by atoms with Crippen LogP contribution in [0, 0.1) is 11.3 Å². The molecule has 0 spiro atoms. The summed E-state index contributed by atoms with van der Waals surface area (Å²) in [6, 6.07) is 41.9. The summed E-state index contributed by atoms with van der Waals surface area (Å²) in [6.45, 7) is 0. The lowest BCUT2D eigenvalue weighted by Gasteiger charge is -2.09. The minimum Gasteiger partial charge on any atom is -0.308 e. The molecule has 0 bridgehead atoms. The van der Waals surface area contributed by atoms with Crippen molar-refractivity contribution in [3.05, 3.63) is 121 Å². The van der Waals surface area contributed by atoms with Crippen LogP contribution in [0.15, 0.2) is 115 Å². The Bertz CT molecular complexity index is 1890. The Balaban J connectivity index is 1.57. The quantitative estimate of drug-likeness (QED) is 0.256. The van der Waals surface area contributed by atoms with Crippen molar-refractivity contribution in [1.82, 2.24) is 9.55 Å². The third kappa shape index (κ3) is 3.22. The molecule has 7 aromatic rings. The van der Waals surface area contributed by atoms with Crippen molar-refractivity contribution in [2.75, 3.05) is 0 Å². The van der Waals surface area contributed by atoms with Gasteiger partial charge in [0.05, 0.1) is 32.9 Å². The third-order valence-electron chi connectivity index (χ3n) is 6.67. The number of aromatic nitrogens is 2. The van der Waals surface area contributed by atoms with Crippen LogP contribution < -0.4 is 0 Å². The Morgan fingerprint density at radius 1 is 0.667 bits per heavy atom. The van der Waals surface area contributed by atoms with Crippen molar-refractivity contribution in [2.24, 2.45) is 0 Å². The maximum atomic E-state index is 9.33. The molecule has 5 aromatic carbocycles. The summed E-state index contributed by atoms with van der Waals surface area (Å²) < 4.78 is 3.48. The van der Waals surface area contributed by atoms with Gasteiger partial charge in [0.15, 0.2) is 0 Å². The second-order valence-corrected chi connectivity index (χ2v) is 9.79. The number of thiazole rings is 1. The van der Waals surface area contributed by atoms with Gasteiger partial charge in [-0.1, -0.05) is 66.7 Å². The minimum absolute atomic E-state index is 0.653.